The van der Waals surface area contributed by atoms with Crippen LogP contribution in [0, 0.1) is 0 Å². The van der Waals surface area contributed by atoms with Gasteiger partial charge in [-0.25, -0.2) is 13.6 Å². The molecule has 8 nitrogen and oxygen atoms in total. The molecule has 0 saturated carbocycles. The van der Waals surface area contributed by atoms with Crippen molar-refractivity contribution in [2.45, 2.75) is 11.4 Å². The Labute approximate surface area is 213 Å². The number of hydrogen-bond acceptors (Lipinski definition) is 5. The van der Waals surface area contributed by atoms with Crippen molar-refractivity contribution in [2.24, 2.45) is 10.2 Å². The smallest absolute Gasteiger partial charge is 0.279 e. The molecule has 180 valence electrons. The summed E-state index contributed by atoms with van der Waals surface area (Å²) < 4.78 is 23.7. The lowest BCUT2D eigenvalue weighted by Gasteiger charge is -2.17. The van der Waals surface area contributed by atoms with Crippen LogP contribution in [0.2, 0.25) is 0 Å². The maximum Gasteiger partial charge on any atom is 0.279 e. The minimum Gasteiger partial charge on any atom is -0.330 e. The number of sulfonamides is 1. The summed E-state index contributed by atoms with van der Waals surface area (Å²) in [6.45, 7) is 0.379. The highest BCUT2D eigenvalue weighted by atomic mass is 32.2. The SMILES string of the molecule is NS(=O)(=O)c1ccccc1NC(=S)N/N=C1\C(=O)N(Cc2ccc3ccccc3c2)c2ccccc21. The Kier molecular flexibility index (Phi) is 6.23. The van der Waals surface area contributed by atoms with Crippen LogP contribution in [0.3, 0.4) is 0 Å². The van der Waals surface area contributed by atoms with Gasteiger partial charge in [0.15, 0.2) is 10.8 Å². The molecule has 0 saturated heterocycles. The maximum absolute atomic E-state index is 13.4. The minimum absolute atomic E-state index is 0.0110. The molecule has 0 radical (unpaired) electrons. The van der Waals surface area contributed by atoms with Gasteiger partial charge in [-0.05, 0) is 52.8 Å². The van der Waals surface area contributed by atoms with Crippen LogP contribution in [-0.2, 0) is 21.4 Å². The fraction of sp³-hybridized carbons (Fsp3) is 0.0385. The zero-order valence-electron chi connectivity index (χ0n) is 18.9. The number of nitrogens with one attached hydrogen (secondary N) is 2. The van der Waals surface area contributed by atoms with E-state index in [0.717, 1.165) is 22.0 Å². The lowest BCUT2D eigenvalue weighted by Crippen LogP contribution is -2.32. The van der Waals surface area contributed by atoms with Crippen LogP contribution in [0.25, 0.3) is 10.8 Å². The number of para-hydroxylation sites is 2. The van der Waals surface area contributed by atoms with Crippen molar-refractivity contribution in [3.63, 3.8) is 0 Å². The van der Waals surface area contributed by atoms with E-state index in [1.807, 2.05) is 60.7 Å². The first-order valence-corrected chi connectivity index (χ1v) is 12.9. The molecule has 0 spiro atoms. The second-order valence-corrected chi connectivity index (χ2v) is 10.1. The van der Waals surface area contributed by atoms with E-state index in [-0.39, 0.29) is 27.3 Å². The van der Waals surface area contributed by atoms with Crippen LogP contribution in [-0.4, -0.2) is 25.1 Å². The molecular formula is C26H21N5O3S2. The second kappa shape index (κ2) is 9.50. The van der Waals surface area contributed by atoms with E-state index in [0.29, 0.717) is 12.1 Å². The Morgan fingerprint density at radius 1 is 0.917 bits per heavy atom. The van der Waals surface area contributed by atoms with Gasteiger partial charge in [0, 0.05) is 5.56 Å². The van der Waals surface area contributed by atoms with Gasteiger partial charge in [0.2, 0.25) is 10.0 Å². The number of carbonyl (C=O) groups excluding carboxylic acids is 1. The third-order valence-electron chi connectivity index (χ3n) is 5.76. The zero-order valence-corrected chi connectivity index (χ0v) is 20.5. The minimum atomic E-state index is -3.96. The predicted octanol–water partition coefficient (Wildman–Crippen LogP) is 3.72. The summed E-state index contributed by atoms with van der Waals surface area (Å²) in [6, 6.07) is 27.7. The summed E-state index contributed by atoms with van der Waals surface area (Å²) >= 11 is 5.28. The van der Waals surface area contributed by atoms with E-state index >= 15 is 0 Å². The third-order valence-corrected chi connectivity index (χ3v) is 6.93. The Balaban J connectivity index is 1.38. The summed E-state index contributed by atoms with van der Waals surface area (Å²) in [5, 5.41) is 14.6. The van der Waals surface area contributed by atoms with Crippen LogP contribution in [0.4, 0.5) is 11.4 Å². The molecule has 5 rings (SSSR count). The van der Waals surface area contributed by atoms with Gasteiger partial charge in [0.1, 0.15) is 4.90 Å². The Bertz CT molecular complexity index is 1650. The molecule has 1 aliphatic heterocycles. The number of anilines is 2. The van der Waals surface area contributed by atoms with Crippen molar-refractivity contribution in [2.75, 3.05) is 10.2 Å². The van der Waals surface area contributed by atoms with Crippen molar-refractivity contribution >= 4 is 61.1 Å². The van der Waals surface area contributed by atoms with Crippen LogP contribution in [0.1, 0.15) is 11.1 Å². The Morgan fingerprint density at radius 2 is 1.61 bits per heavy atom. The monoisotopic (exact) mass is 515 g/mol. The van der Waals surface area contributed by atoms with Crippen molar-refractivity contribution in [1.29, 1.82) is 0 Å². The number of carbonyl (C=O) groups is 1. The second-order valence-electron chi connectivity index (χ2n) is 8.16. The van der Waals surface area contributed by atoms with Crippen molar-refractivity contribution in [1.82, 2.24) is 5.43 Å². The number of amides is 1. The van der Waals surface area contributed by atoms with Gasteiger partial charge in [0.25, 0.3) is 5.91 Å². The van der Waals surface area contributed by atoms with E-state index < -0.39 is 10.0 Å². The fourth-order valence-electron chi connectivity index (χ4n) is 4.12. The largest absolute Gasteiger partial charge is 0.330 e. The molecule has 0 fully saturated rings. The van der Waals surface area contributed by atoms with Gasteiger partial charge in [-0.1, -0.05) is 66.7 Å². The summed E-state index contributed by atoms with van der Waals surface area (Å²) in [4.78, 5) is 14.9. The molecule has 0 aliphatic carbocycles. The number of rotatable bonds is 5. The first-order chi connectivity index (χ1) is 17.3. The number of fused-ring (bicyclic) bond motifs is 2. The molecule has 1 heterocycles. The molecule has 0 unspecified atom stereocenters. The highest BCUT2D eigenvalue weighted by molar-refractivity contribution is 7.89. The normalized spacial score (nSPS) is 14.2. The van der Waals surface area contributed by atoms with E-state index in [1.54, 1.807) is 17.0 Å². The van der Waals surface area contributed by atoms with Gasteiger partial charge >= 0.3 is 0 Å². The first-order valence-electron chi connectivity index (χ1n) is 11.0. The lowest BCUT2D eigenvalue weighted by molar-refractivity contribution is -0.112. The molecule has 4 aromatic carbocycles. The zero-order chi connectivity index (χ0) is 25.3. The van der Waals surface area contributed by atoms with Crippen molar-refractivity contribution in [3.8, 4) is 0 Å². The standard InChI is InChI=1S/C26H21N5O3S2/c27-36(33,34)23-12-6-4-10-21(23)28-26(35)30-29-24-20-9-3-5-11-22(20)31(25(24)32)16-17-13-14-18-7-1-2-8-19(18)15-17/h1-15H,16H2,(H2,27,33,34)(H2,28,30,35)/b29-24-. The lowest BCUT2D eigenvalue weighted by atomic mass is 10.1. The molecule has 1 amide bonds. The third kappa shape index (κ3) is 4.69. The van der Waals surface area contributed by atoms with Crippen LogP contribution in [0.5, 0.6) is 0 Å². The summed E-state index contributed by atoms with van der Waals surface area (Å²) in [6.07, 6.45) is 0. The number of nitrogens with two attached hydrogens (primary N) is 1. The van der Waals surface area contributed by atoms with Gasteiger partial charge in [-0.3, -0.25) is 10.2 Å². The average Bonchev–Trinajstić information content (AvgIpc) is 3.13. The molecule has 4 N–H and O–H groups in total. The quantitative estimate of drug-likeness (QED) is 0.276. The average molecular weight is 516 g/mol. The van der Waals surface area contributed by atoms with Crippen LogP contribution < -0.4 is 20.8 Å². The van der Waals surface area contributed by atoms with Crippen molar-refractivity contribution < 1.29 is 13.2 Å². The predicted molar refractivity (Wildman–Crippen MR) is 145 cm³/mol. The number of primary sulfonamides is 1. The number of benzene rings is 4. The first kappa shape index (κ1) is 23.6. The Hall–Kier alpha value is -4.12. The molecule has 4 aromatic rings. The fourth-order valence-corrected chi connectivity index (χ4v) is 4.97. The molecule has 0 bridgehead atoms. The van der Waals surface area contributed by atoms with E-state index in [2.05, 4.69) is 21.9 Å². The van der Waals surface area contributed by atoms with Crippen molar-refractivity contribution in [3.05, 3.63) is 102 Å². The number of thiocarbonyl (C=S) groups is 1. The Morgan fingerprint density at radius 3 is 2.42 bits per heavy atom. The van der Waals surface area contributed by atoms with Crippen LogP contribution >= 0.6 is 12.2 Å². The van der Waals surface area contributed by atoms with E-state index in [4.69, 9.17) is 17.4 Å². The van der Waals surface area contributed by atoms with Gasteiger partial charge in [0.05, 0.1) is 17.9 Å². The molecule has 0 aromatic heterocycles. The molecule has 0 atom stereocenters. The molecule has 10 heteroatoms. The topological polar surface area (TPSA) is 117 Å². The van der Waals surface area contributed by atoms with Gasteiger partial charge in [-0.15, -0.1) is 0 Å². The molecule has 1 aliphatic rings. The van der Waals surface area contributed by atoms with Gasteiger partial charge in [-0.2, -0.15) is 5.10 Å². The van der Waals surface area contributed by atoms with Crippen LogP contribution in [0.15, 0.2) is 101 Å². The summed E-state index contributed by atoms with van der Waals surface area (Å²) in [5.74, 6) is -0.274. The molecular weight excluding hydrogens is 494 g/mol. The number of hydrazone groups is 1. The van der Waals surface area contributed by atoms with Gasteiger partial charge < -0.3 is 10.2 Å². The maximum atomic E-state index is 13.4. The summed E-state index contributed by atoms with van der Waals surface area (Å²) in [7, 11) is -3.96. The molecule has 36 heavy (non-hydrogen) atoms. The highest BCUT2D eigenvalue weighted by Gasteiger charge is 2.34. The van der Waals surface area contributed by atoms with E-state index in [9.17, 15) is 13.2 Å². The highest BCUT2D eigenvalue weighted by Crippen LogP contribution is 2.31. The van der Waals surface area contributed by atoms with E-state index in [1.165, 1.54) is 12.1 Å². The summed E-state index contributed by atoms with van der Waals surface area (Å²) in [5.41, 5.74) is 5.47. The number of hydrogen-bond donors (Lipinski definition) is 3. The number of nitrogens with zero attached hydrogens (tertiary/aromatic N) is 2.